The van der Waals surface area contributed by atoms with Gasteiger partial charge in [0, 0.05) is 10.0 Å². The summed E-state index contributed by atoms with van der Waals surface area (Å²) in [6, 6.07) is 3.96. The lowest BCUT2D eigenvalue weighted by molar-refractivity contribution is -0.142. The van der Waals surface area contributed by atoms with Gasteiger partial charge in [-0.1, -0.05) is 43.1 Å². The topological polar surface area (TPSA) is 66.4 Å². The number of halogens is 2. The fraction of sp³-hybridized carbons (Fsp3) is 0.429. The highest BCUT2D eigenvalue weighted by molar-refractivity contribution is 6.35. The minimum Gasteiger partial charge on any atom is -0.480 e. The molecule has 0 heterocycles. The molecule has 0 fully saturated rings. The Morgan fingerprint density at radius 2 is 1.95 bits per heavy atom. The number of rotatable bonds is 6. The maximum atomic E-state index is 11.9. The molecule has 1 rings (SSSR count). The summed E-state index contributed by atoms with van der Waals surface area (Å²) in [4.78, 5) is 23.0. The molecule has 6 heteroatoms. The van der Waals surface area contributed by atoms with Crippen LogP contribution >= 0.6 is 23.2 Å². The van der Waals surface area contributed by atoms with Gasteiger partial charge in [0.25, 0.3) is 0 Å². The highest BCUT2D eigenvalue weighted by Crippen LogP contribution is 2.21. The molecular formula is C14H17Cl2NO3. The first-order chi connectivity index (χ1) is 9.29. The molecule has 1 atom stereocenters. The van der Waals surface area contributed by atoms with Crippen LogP contribution < -0.4 is 5.32 Å². The van der Waals surface area contributed by atoms with Gasteiger partial charge >= 0.3 is 5.97 Å². The molecule has 0 aliphatic rings. The van der Waals surface area contributed by atoms with Crippen molar-refractivity contribution in [1.29, 1.82) is 0 Å². The van der Waals surface area contributed by atoms with Gasteiger partial charge in [-0.05, 0) is 30.0 Å². The Morgan fingerprint density at radius 1 is 1.30 bits per heavy atom. The van der Waals surface area contributed by atoms with Gasteiger partial charge < -0.3 is 10.4 Å². The van der Waals surface area contributed by atoms with E-state index in [0.29, 0.717) is 22.0 Å². The van der Waals surface area contributed by atoms with Crippen molar-refractivity contribution >= 4 is 35.1 Å². The van der Waals surface area contributed by atoms with E-state index >= 15 is 0 Å². The third kappa shape index (κ3) is 5.39. The first-order valence-corrected chi connectivity index (χ1v) is 7.01. The number of carbonyl (C=O) groups excluding carboxylic acids is 1. The van der Waals surface area contributed by atoms with Crippen LogP contribution in [0, 0.1) is 5.92 Å². The van der Waals surface area contributed by atoms with Crippen molar-refractivity contribution < 1.29 is 14.7 Å². The summed E-state index contributed by atoms with van der Waals surface area (Å²) < 4.78 is 0. The van der Waals surface area contributed by atoms with E-state index in [9.17, 15) is 9.59 Å². The molecule has 0 bridgehead atoms. The quantitative estimate of drug-likeness (QED) is 0.847. The standard InChI is InChI=1S/C14H17Cl2NO3/c1-8(2)5-12(14(19)20)17-13(18)6-9-3-4-10(15)7-11(9)16/h3-4,7-8,12H,5-6H2,1-2H3,(H,17,18)(H,19,20)/t12-/m1/s1. The van der Waals surface area contributed by atoms with Crippen molar-refractivity contribution in [3.63, 3.8) is 0 Å². The summed E-state index contributed by atoms with van der Waals surface area (Å²) in [6.45, 7) is 3.80. The van der Waals surface area contributed by atoms with Gasteiger partial charge in [0.1, 0.15) is 6.04 Å². The average molecular weight is 318 g/mol. The number of carboxylic acids is 1. The lowest BCUT2D eigenvalue weighted by Gasteiger charge is -2.16. The van der Waals surface area contributed by atoms with Gasteiger partial charge in [-0.2, -0.15) is 0 Å². The van der Waals surface area contributed by atoms with Crippen molar-refractivity contribution in [2.45, 2.75) is 32.7 Å². The zero-order chi connectivity index (χ0) is 15.3. The maximum Gasteiger partial charge on any atom is 0.326 e. The SMILES string of the molecule is CC(C)C[C@@H](NC(=O)Cc1ccc(Cl)cc1Cl)C(=O)O. The molecule has 4 nitrogen and oxygen atoms in total. The fourth-order valence-electron chi connectivity index (χ4n) is 1.78. The highest BCUT2D eigenvalue weighted by Gasteiger charge is 2.21. The van der Waals surface area contributed by atoms with Crippen LogP contribution in [0.25, 0.3) is 0 Å². The second-order valence-electron chi connectivity index (χ2n) is 5.00. The molecular weight excluding hydrogens is 301 g/mol. The number of benzene rings is 1. The summed E-state index contributed by atoms with van der Waals surface area (Å²) in [6.07, 6.45) is 0.410. The predicted molar refractivity (Wildman–Crippen MR) is 79.2 cm³/mol. The van der Waals surface area contributed by atoms with E-state index in [2.05, 4.69) is 5.32 Å². The zero-order valence-electron chi connectivity index (χ0n) is 11.3. The van der Waals surface area contributed by atoms with E-state index in [-0.39, 0.29) is 18.2 Å². The van der Waals surface area contributed by atoms with Crippen LogP contribution in [-0.2, 0) is 16.0 Å². The van der Waals surface area contributed by atoms with Gasteiger partial charge in [0.05, 0.1) is 6.42 Å². The third-order valence-corrected chi connectivity index (χ3v) is 3.29. The van der Waals surface area contributed by atoms with Crippen molar-refractivity contribution in [3.8, 4) is 0 Å². The Kier molecular flexibility index (Phi) is 6.30. The second-order valence-corrected chi connectivity index (χ2v) is 5.84. The summed E-state index contributed by atoms with van der Waals surface area (Å²) in [5.41, 5.74) is 0.613. The van der Waals surface area contributed by atoms with E-state index in [1.54, 1.807) is 18.2 Å². The van der Waals surface area contributed by atoms with Crippen molar-refractivity contribution in [2.75, 3.05) is 0 Å². The fourth-order valence-corrected chi connectivity index (χ4v) is 2.25. The van der Waals surface area contributed by atoms with E-state index in [1.165, 1.54) is 0 Å². The van der Waals surface area contributed by atoms with Crippen LogP contribution in [0.3, 0.4) is 0 Å². The Labute approximate surface area is 128 Å². The Balaban J connectivity index is 2.68. The molecule has 0 saturated heterocycles. The smallest absolute Gasteiger partial charge is 0.326 e. The molecule has 0 unspecified atom stereocenters. The molecule has 20 heavy (non-hydrogen) atoms. The predicted octanol–water partition coefficient (Wildman–Crippen LogP) is 3.15. The maximum absolute atomic E-state index is 11.9. The van der Waals surface area contributed by atoms with Crippen LogP contribution in [0.4, 0.5) is 0 Å². The molecule has 0 aliphatic carbocycles. The lowest BCUT2D eigenvalue weighted by atomic mass is 10.0. The van der Waals surface area contributed by atoms with Crippen LogP contribution in [-0.4, -0.2) is 23.0 Å². The molecule has 2 N–H and O–H groups in total. The molecule has 0 saturated carbocycles. The summed E-state index contributed by atoms with van der Waals surface area (Å²) in [5, 5.41) is 12.5. The van der Waals surface area contributed by atoms with Crippen LogP contribution in [0.1, 0.15) is 25.8 Å². The van der Waals surface area contributed by atoms with Crippen molar-refractivity contribution in [2.24, 2.45) is 5.92 Å². The molecule has 0 aliphatic heterocycles. The summed E-state index contributed by atoms with van der Waals surface area (Å²) in [5.74, 6) is -1.23. The molecule has 0 radical (unpaired) electrons. The van der Waals surface area contributed by atoms with Crippen molar-refractivity contribution in [3.05, 3.63) is 33.8 Å². The molecule has 1 amide bonds. The minimum atomic E-state index is -1.03. The van der Waals surface area contributed by atoms with Gasteiger partial charge in [-0.3, -0.25) is 4.79 Å². The van der Waals surface area contributed by atoms with Crippen LogP contribution in [0.5, 0.6) is 0 Å². The number of hydrogen-bond acceptors (Lipinski definition) is 2. The Morgan fingerprint density at radius 3 is 2.45 bits per heavy atom. The van der Waals surface area contributed by atoms with E-state index in [0.717, 1.165) is 0 Å². The molecule has 110 valence electrons. The minimum absolute atomic E-state index is 0.0257. The molecule has 0 spiro atoms. The van der Waals surface area contributed by atoms with E-state index < -0.39 is 12.0 Å². The number of amides is 1. The lowest BCUT2D eigenvalue weighted by Crippen LogP contribution is -2.42. The monoisotopic (exact) mass is 317 g/mol. The van der Waals surface area contributed by atoms with Gasteiger partial charge in [0.2, 0.25) is 5.91 Å². The zero-order valence-corrected chi connectivity index (χ0v) is 12.8. The molecule has 1 aromatic rings. The number of nitrogens with one attached hydrogen (secondary N) is 1. The van der Waals surface area contributed by atoms with Gasteiger partial charge in [-0.15, -0.1) is 0 Å². The van der Waals surface area contributed by atoms with E-state index in [1.807, 2.05) is 13.8 Å². The van der Waals surface area contributed by atoms with E-state index in [4.69, 9.17) is 28.3 Å². The first kappa shape index (κ1) is 16.8. The van der Waals surface area contributed by atoms with Crippen molar-refractivity contribution in [1.82, 2.24) is 5.32 Å². The normalized spacial score (nSPS) is 12.2. The molecule has 0 aromatic heterocycles. The van der Waals surface area contributed by atoms with Gasteiger partial charge in [-0.25, -0.2) is 4.79 Å². The summed E-state index contributed by atoms with van der Waals surface area (Å²) >= 11 is 11.8. The Bertz CT molecular complexity index is 503. The Hall–Kier alpha value is -1.26. The third-order valence-electron chi connectivity index (χ3n) is 2.71. The number of hydrogen-bond donors (Lipinski definition) is 2. The van der Waals surface area contributed by atoms with Gasteiger partial charge in [0.15, 0.2) is 0 Å². The summed E-state index contributed by atoms with van der Waals surface area (Å²) in [7, 11) is 0. The first-order valence-electron chi connectivity index (χ1n) is 6.25. The molecule has 1 aromatic carbocycles. The number of aliphatic carboxylic acids is 1. The second kappa shape index (κ2) is 7.50. The number of carboxylic acid groups (broad SMARTS) is 1. The average Bonchev–Trinajstić information content (AvgIpc) is 2.31. The van der Waals surface area contributed by atoms with Crippen LogP contribution in [0.15, 0.2) is 18.2 Å². The van der Waals surface area contributed by atoms with Crippen LogP contribution in [0.2, 0.25) is 10.0 Å². The highest BCUT2D eigenvalue weighted by atomic mass is 35.5. The number of carbonyl (C=O) groups is 2. The largest absolute Gasteiger partial charge is 0.480 e.